The van der Waals surface area contributed by atoms with Gasteiger partial charge in [-0.1, -0.05) is 12.1 Å². The van der Waals surface area contributed by atoms with E-state index in [2.05, 4.69) is 10.6 Å². The normalized spacial score (nSPS) is 21.6. The molecule has 1 aliphatic rings. The van der Waals surface area contributed by atoms with Gasteiger partial charge >= 0.3 is 0 Å². The fraction of sp³-hybridized carbons (Fsp3) is 0.562. The molecule has 0 radical (unpaired) electrons. The molecule has 130 valence electrons. The fourth-order valence-electron chi connectivity index (χ4n) is 2.64. The molecule has 7 heteroatoms. The molecule has 2 N–H and O–H groups in total. The Balaban J connectivity index is 0.00000264. The Hall–Kier alpha value is -1.11. The molecule has 0 bridgehead atoms. The Kier molecular flexibility index (Phi) is 7.04. The summed E-state index contributed by atoms with van der Waals surface area (Å²) in [4.78, 5) is 12.7. The molecule has 5 nitrogen and oxygen atoms in total. The van der Waals surface area contributed by atoms with Crippen LogP contribution >= 0.6 is 12.4 Å². The molecule has 1 aliphatic heterocycles. The highest BCUT2D eigenvalue weighted by atomic mass is 35.5. The molecular weight excluding hydrogens is 336 g/mol. The maximum atomic E-state index is 12.5. The molecule has 0 aliphatic carbocycles. The lowest BCUT2D eigenvalue weighted by Gasteiger charge is -2.30. The van der Waals surface area contributed by atoms with Crippen LogP contribution in [-0.2, 0) is 9.84 Å². The van der Waals surface area contributed by atoms with Gasteiger partial charge < -0.3 is 10.6 Å². The van der Waals surface area contributed by atoms with E-state index >= 15 is 0 Å². The van der Waals surface area contributed by atoms with Crippen LogP contribution < -0.4 is 10.6 Å². The molecule has 1 heterocycles. The molecule has 0 aromatic heterocycles. The Morgan fingerprint density at radius 3 is 2.57 bits per heavy atom. The third-order valence-corrected chi connectivity index (χ3v) is 6.35. The average Bonchev–Trinajstić information content (AvgIpc) is 2.49. The largest absolute Gasteiger partial charge is 0.348 e. The number of benzene rings is 1. The van der Waals surface area contributed by atoms with Crippen LogP contribution in [0.15, 0.2) is 29.2 Å². The summed E-state index contributed by atoms with van der Waals surface area (Å²) in [5.74, 6) is -0.319. The summed E-state index contributed by atoms with van der Waals surface area (Å²) in [5.41, 5.74) is 0.231. The summed E-state index contributed by atoms with van der Waals surface area (Å²) in [6.45, 7) is 6.22. The number of nitrogens with one attached hydrogen (secondary N) is 2. The minimum absolute atomic E-state index is 0. The minimum Gasteiger partial charge on any atom is -0.348 e. The highest BCUT2D eigenvalue weighted by molar-refractivity contribution is 7.92. The van der Waals surface area contributed by atoms with Crippen molar-refractivity contribution in [2.45, 2.75) is 55.8 Å². The number of carbonyl (C=O) groups is 1. The van der Waals surface area contributed by atoms with Crippen molar-refractivity contribution in [3.05, 3.63) is 29.8 Å². The van der Waals surface area contributed by atoms with Gasteiger partial charge in [0.2, 0.25) is 0 Å². The predicted molar refractivity (Wildman–Crippen MR) is 94.0 cm³/mol. The smallest absolute Gasteiger partial charge is 0.252 e. The SMILES string of the molecule is CC1NCCCC1NC(=O)c1ccccc1S(=O)(=O)C(C)C.Cl. The van der Waals surface area contributed by atoms with E-state index < -0.39 is 15.1 Å². The van der Waals surface area contributed by atoms with Crippen molar-refractivity contribution in [2.75, 3.05) is 6.54 Å². The molecule has 1 aromatic rings. The van der Waals surface area contributed by atoms with E-state index in [4.69, 9.17) is 0 Å². The molecule has 0 spiro atoms. The van der Waals surface area contributed by atoms with E-state index in [1.54, 1.807) is 32.0 Å². The second kappa shape index (κ2) is 8.13. The average molecular weight is 361 g/mol. The summed E-state index contributed by atoms with van der Waals surface area (Å²) in [6, 6.07) is 6.63. The predicted octanol–water partition coefficient (Wildman–Crippen LogP) is 2.16. The van der Waals surface area contributed by atoms with E-state index in [0.29, 0.717) is 0 Å². The highest BCUT2D eigenvalue weighted by Crippen LogP contribution is 2.21. The van der Waals surface area contributed by atoms with Gasteiger partial charge in [-0.15, -0.1) is 12.4 Å². The molecule has 23 heavy (non-hydrogen) atoms. The van der Waals surface area contributed by atoms with Crippen molar-refractivity contribution >= 4 is 28.2 Å². The third kappa shape index (κ3) is 4.46. The van der Waals surface area contributed by atoms with Gasteiger partial charge in [0.1, 0.15) is 0 Å². The zero-order chi connectivity index (χ0) is 16.3. The Morgan fingerprint density at radius 1 is 1.30 bits per heavy atom. The third-order valence-electron chi connectivity index (χ3n) is 4.14. The summed E-state index contributed by atoms with van der Waals surface area (Å²) in [5, 5.41) is 5.73. The minimum atomic E-state index is -3.48. The second-order valence-electron chi connectivity index (χ2n) is 6.05. The number of rotatable bonds is 4. The van der Waals surface area contributed by atoms with Crippen LogP contribution in [0.25, 0.3) is 0 Å². The first-order valence-electron chi connectivity index (χ1n) is 7.71. The maximum absolute atomic E-state index is 12.5. The van der Waals surface area contributed by atoms with E-state index in [-0.39, 0.29) is 40.9 Å². The lowest BCUT2D eigenvalue weighted by molar-refractivity contribution is 0.0916. The Labute approximate surface area is 144 Å². The maximum Gasteiger partial charge on any atom is 0.252 e. The van der Waals surface area contributed by atoms with Crippen LogP contribution in [0.2, 0.25) is 0 Å². The highest BCUT2D eigenvalue weighted by Gasteiger charge is 2.28. The van der Waals surface area contributed by atoms with Gasteiger partial charge in [-0.3, -0.25) is 4.79 Å². The number of piperidine rings is 1. The molecule has 1 aromatic carbocycles. The van der Waals surface area contributed by atoms with Gasteiger partial charge in [0.15, 0.2) is 9.84 Å². The van der Waals surface area contributed by atoms with Gasteiger partial charge in [0, 0.05) is 12.1 Å². The van der Waals surface area contributed by atoms with Crippen LogP contribution in [0.4, 0.5) is 0 Å². The van der Waals surface area contributed by atoms with Crippen LogP contribution in [0.1, 0.15) is 44.0 Å². The van der Waals surface area contributed by atoms with Gasteiger partial charge in [-0.25, -0.2) is 8.42 Å². The molecular formula is C16H25ClN2O3S. The molecule has 2 unspecified atom stereocenters. The number of hydrogen-bond acceptors (Lipinski definition) is 4. The van der Waals surface area contributed by atoms with Crippen LogP contribution in [-0.4, -0.2) is 38.2 Å². The van der Waals surface area contributed by atoms with Crippen molar-refractivity contribution < 1.29 is 13.2 Å². The first kappa shape index (κ1) is 19.9. The van der Waals surface area contributed by atoms with E-state index in [9.17, 15) is 13.2 Å². The van der Waals surface area contributed by atoms with E-state index in [1.165, 1.54) is 6.07 Å². The first-order valence-corrected chi connectivity index (χ1v) is 9.26. The van der Waals surface area contributed by atoms with Crippen molar-refractivity contribution in [3.8, 4) is 0 Å². The van der Waals surface area contributed by atoms with Gasteiger partial charge in [-0.05, 0) is 52.3 Å². The molecule has 1 saturated heterocycles. The summed E-state index contributed by atoms with van der Waals surface area (Å²) < 4.78 is 24.8. The van der Waals surface area contributed by atoms with Gasteiger partial charge in [0.25, 0.3) is 5.91 Å². The van der Waals surface area contributed by atoms with Crippen molar-refractivity contribution in [1.29, 1.82) is 0 Å². The standard InChI is InChI=1S/C16H24N2O3S.ClH/c1-11(2)22(20,21)15-9-5-4-7-13(15)16(19)18-14-8-6-10-17-12(14)3;/h4-5,7,9,11-12,14,17H,6,8,10H2,1-3H3,(H,18,19);1H. The molecule has 1 amide bonds. The van der Waals surface area contributed by atoms with Crippen LogP contribution in [0, 0.1) is 0 Å². The molecule has 2 atom stereocenters. The summed E-state index contributed by atoms with van der Waals surface area (Å²) in [6.07, 6.45) is 1.90. The summed E-state index contributed by atoms with van der Waals surface area (Å²) in [7, 11) is -3.48. The second-order valence-corrected chi connectivity index (χ2v) is 8.53. The number of carbonyl (C=O) groups excluding carboxylic acids is 1. The Bertz CT molecular complexity index is 646. The molecule has 0 saturated carbocycles. The summed E-state index contributed by atoms with van der Waals surface area (Å²) >= 11 is 0. The topological polar surface area (TPSA) is 75.3 Å². The van der Waals surface area contributed by atoms with Crippen LogP contribution in [0.5, 0.6) is 0 Å². The fourth-order valence-corrected chi connectivity index (χ4v) is 3.89. The van der Waals surface area contributed by atoms with Crippen molar-refractivity contribution in [3.63, 3.8) is 0 Å². The lowest BCUT2D eigenvalue weighted by atomic mass is 9.99. The zero-order valence-electron chi connectivity index (χ0n) is 13.7. The number of hydrogen-bond donors (Lipinski definition) is 2. The zero-order valence-corrected chi connectivity index (χ0v) is 15.3. The van der Waals surface area contributed by atoms with Gasteiger partial charge in [0.05, 0.1) is 15.7 Å². The monoisotopic (exact) mass is 360 g/mol. The molecule has 2 rings (SSSR count). The number of halogens is 1. The van der Waals surface area contributed by atoms with Crippen molar-refractivity contribution in [2.24, 2.45) is 0 Å². The number of amides is 1. The molecule has 1 fully saturated rings. The van der Waals surface area contributed by atoms with Crippen LogP contribution in [0.3, 0.4) is 0 Å². The van der Waals surface area contributed by atoms with Crippen molar-refractivity contribution in [1.82, 2.24) is 10.6 Å². The van der Waals surface area contributed by atoms with E-state index in [0.717, 1.165) is 19.4 Å². The lowest BCUT2D eigenvalue weighted by Crippen LogP contribution is -2.52. The van der Waals surface area contributed by atoms with E-state index in [1.807, 2.05) is 6.92 Å². The first-order chi connectivity index (χ1) is 10.3. The quantitative estimate of drug-likeness (QED) is 0.862. The number of sulfone groups is 1. The van der Waals surface area contributed by atoms with Gasteiger partial charge in [-0.2, -0.15) is 0 Å². The Morgan fingerprint density at radius 2 is 1.96 bits per heavy atom.